The van der Waals surface area contributed by atoms with Gasteiger partial charge in [-0.05, 0) is 11.8 Å². The normalized spacial score (nSPS) is 26.7. The number of benzene rings is 1. The van der Waals surface area contributed by atoms with Gasteiger partial charge in [-0.3, -0.25) is 0 Å². The zero-order valence-corrected chi connectivity index (χ0v) is 9.36. The van der Waals surface area contributed by atoms with Crippen LogP contribution in [0.15, 0.2) is 12.1 Å². The molecule has 1 fully saturated rings. The van der Waals surface area contributed by atoms with Crippen LogP contribution in [0.3, 0.4) is 0 Å². The highest BCUT2D eigenvalue weighted by molar-refractivity contribution is 5.56. The van der Waals surface area contributed by atoms with Gasteiger partial charge in [0.25, 0.3) is 0 Å². The molecular formula is C12H16O4. The molecular weight excluding hydrogens is 208 g/mol. The number of hydrogen-bond acceptors (Lipinski definition) is 4. The van der Waals surface area contributed by atoms with Crippen molar-refractivity contribution in [3.63, 3.8) is 0 Å². The Balaban J connectivity index is 2.58. The number of aliphatic hydroxyl groups is 1. The summed E-state index contributed by atoms with van der Waals surface area (Å²) in [5, 5.41) is 38.3. The van der Waals surface area contributed by atoms with Gasteiger partial charge < -0.3 is 20.4 Å². The first kappa shape index (κ1) is 11.1. The molecule has 16 heavy (non-hydrogen) atoms. The van der Waals surface area contributed by atoms with Gasteiger partial charge in [0.05, 0.1) is 6.61 Å². The number of rotatable bonds is 2. The van der Waals surface area contributed by atoms with Crippen molar-refractivity contribution in [2.24, 2.45) is 5.41 Å². The van der Waals surface area contributed by atoms with Crippen LogP contribution in [-0.4, -0.2) is 27.0 Å². The van der Waals surface area contributed by atoms with Crippen molar-refractivity contribution in [2.75, 3.05) is 6.61 Å². The molecule has 0 radical (unpaired) electrons. The summed E-state index contributed by atoms with van der Waals surface area (Å²) in [5.41, 5.74) is -0.430. The number of hydrogen-bond donors (Lipinski definition) is 4. The average molecular weight is 224 g/mol. The van der Waals surface area contributed by atoms with Crippen molar-refractivity contribution >= 4 is 0 Å². The van der Waals surface area contributed by atoms with Gasteiger partial charge in [-0.1, -0.05) is 13.8 Å². The van der Waals surface area contributed by atoms with Crippen LogP contribution in [0.1, 0.15) is 25.8 Å². The molecule has 1 atom stereocenters. The van der Waals surface area contributed by atoms with Crippen molar-refractivity contribution < 1.29 is 20.4 Å². The second-order valence-corrected chi connectivity index (χ2v) is 5.16. The van der Waals surface area contributed by atoms with Gasteiger partial charge in [0, 0.05) is 23.1 Å². The highest BCUT2D eigenvalue weighted by Gasteiger charge is 2.63. The zero-order valence-electron chi connectivity index (χ0n) is 9.36. The molecule has 0 aliphatic heterocycles. The first-order valence-corrected chi connectivity index (χ1v) is 5.20. The minimum Gasteiger partial charge on any atom is -0.508 e. The van der Waals surface area contributed by atoms with Crippen molar-refractivity contribution in [3.8, 4) is 17.2 Å². The van der Waals surface area contributed by atoms with Gasteiger partial charge in [0.15, 0.2) is 0 Å². The second-order valence-electron chi connectivity index (χ2n) is 5.16. The van der Waals surface area contributed by atoms with Crippen LogP contribution in [0.25, 0.3) is 0 Å². The summed E-state index contributed by atoms with van der Waals surface area (Å²) in [6.07, 6.45) is 0.697. The molecule has 0 bridgehead atoms. The van der Waals surface area contributed by atoms with Crippen molar-refractivity contribution in [3.05, 3.63) is 17.7 Å². The van der Waals surface area contributed by atoms with Gasteiger partial charge >= 0.3 is 0 Å². The smallest absolute Gasteiger partial charge is 0.126 e. The van der Waals surface area contributed by atoms with Gasteiger partial charge in [0.1, 0.15) is 17.2 Å². The predicted octanol–water partition coefficient (Wildman–Crippen LogP) is 1.46. The lowest BCUT2D eigenvalue weighted by Gasteiger charge is -2.20. The molecule has 4 heteroatoms. The third-order valence-electron chi connectivity index (χ3n) is 3.74. The number of phenols is 3. The van der Waals surface area contributed by atoms with E-state index in [9.17, 15) is 20.4 Å². The average Bonchev–Trinajstić information content (AvgIpc) is 2.67. The minimum absolute atomic E-state index is 0.133. The fraction of sp³-hybridized carbons (Fsp3) is 0.500. The maximum Gasteiger partial charge on any atom is 0.126 e. The van der Waals surface area contributed by atoms with E-state index in [4.69, 9.17) is 0 Å². The third kappa shape index (κ3) is 1.26. The van der Waals surface area contributed by atoms with E-state index < -0.39 is 5.41 Å². The standard InChI is InChI=1S/C12H16O4/c1-11(2)5-12(11,6-13)10-8(15)3-7(14)4-9(10)16/h3-4,13-16H,5-6H2,1-2H3. The summed E-state index contributed by atoms with van der Waals surface area (Å²) in [5.74, 6) is -0.528. The molecule has 0 heterocycles. The Morgan fingerprint density at radius 1 is 1.12 bits per heavy atom. The Labute approximate surface area is 93.8 Å². The quantitative estimate of drug-likeness (QED) is 0.613. The Bertz CT molecular complexity index is 416. The van der Waals surface area contributed by atoms with Gasteiger partial charge in [-0.15, -0.1) is 0 Å². The molecule has 1 unspecified atom stereocenters. The van der Waals surface area contributed by atoms with Crippen LogP contribution < -0.4 is 0 Å². The van der Waals surface area contributed by atoms with Crippen molar-refractivity contribution in [1.82, 2.24) is 0 Å². The summed E-state index contributed by atoms with van der Waals surface area (Å²) in [7, 11) is 0. The van der Waals surface area contributed by atoms with Crippen molar-refractivity contribution in [2.45, 2.75) is 25.7 Å². The van der Waals surface area contributed by atoms with Crippen LogP contribution in [-0.2, 0) is 5.41 Å². The lowest BCUT2D eigenvalue weighted by Crippen LogP contribution is -2.19. The molecule has 88 valence electrons. The van der Waals surface area contributed by atoms with E-state index in [1.165, 1.54) is 12.1 Å². The van der Waals surface area contributed by atoms with Gasteiger partial charge in [-0.25, -0.2) is 0 Å². The van der Waals surface area contributed by atoms with Crippen LogP contribution in [0.4, 0.5) is 0 Å². The van der Waals surface area contributed by atoms with Crippen LogP contribution >= 0.6 is 0 Å². The highest BCUT2D eigenvalue weighted by Crippen LogP contribution is 2.67. The topological polar surface area (TPSA) is 80.9 Å². The minimum atomic E-state index is -0.602. The van der Waals surface area contributed by atoms with E-state index >= 15 is 0 Å². The zero-order chi connectivity index (χ0) is 12.1. The molecule has 1 aliphatic carbocycles. The number of aliphatic hydroxyl groups excluding tert-OH is 1. The first-order valence-electron chi connectivity index (χ1n) is 5.20. The van der Waals surface area contributed by atoms with E-state index in [0.717, 1.165) is 0 Å². The Morgan fingerprint density at radius 2 is 1.56 bits per heavy atom. The fourth-order valence-electron chi connectivity index (χ4n) is 2.57. The monoisotopic (exact) mass is 224 g/mol. The predicted molar refractivity (Wildman–Crippen MR) is 58.6 cm³/mol. The van der Waals surface area contributed by atoms with E-state index in [1.807, 2.05) is 13.8 Å². The molecule has 1 saturated carbocycles. The maximum atomic E-state index is 9.78. The summed E-state index contributed by atoms with van der Waals surface area (Å²) < 4.78 is 0. The van der Waals surface area contributed by atoms with E-state index in [0.29, 0.717) is 12.0 Å². The molecule has 1 aliphatic rings. The Morgan fingerprint density at radius 3 is 1.88 bits per heavy atom. The molecule has 4 nitrogen and oxygen atoms in total. The summed E-state index contributed by atoms with van der Waals surface area (Å²) in [6.45, 7) is 3.80. The molecule has 1 aromatic rings. The Hall–Kier alpha value is -1.42. The Kier molecular flexibility index (Phi) is 2.11. The first-order chi connectivity index (χ1) is 7.34. The molecule has 1 aromatic carbocycles. The van der Waals surface area contributed by atoms with Crippen molar-refractivity contribution in [1.29, 1.82) is 0 Å². The molecule has 0 amide bonds. The largest absolute Gasteiger partial charge is 0.508 e. The van der Waals surface area contributed by atoms with Gasteiger partial charge in [-0.2, -0.15) is 0 Å². The lowest BCUT2D eigenvalue weighted by atomic mass is 9.87. The lowest BCUT2D eigenvalue weighted by molar-refractivity contribution is 0.224. The summed E-state index contributed by atoms with van der Waals surface area (Å²) >= 11 is 0. The molecule has 2 rings (SSSR count). The molecule has 0 saturated heterocycles. The van der Waals surface area contributed by atoms with Crippen LogP contribution in [0, 0.1) is 5.41 Å². The number of phenolic OH excluding ortho intramolecular Hbond substituents is 3. The summed E-state index contributed by atoms with van der Waals surface area (Å²) in [6, 6.07) is 2.36. The molecule has 4 N–H and O–H groups in total. The number of aromatic hydroxyl groups is 3. The van der Waals surface area contributed by atoms with Crippen LogP contribution in [0.5, 0.6) is 17.2 Å². The van der Waals surface area contributed by atoms with Gasteiger partial charge in [0.2, 0.25) is 0 Å². The second kappa shape index (κ2) is 3.04. The van der Waals surface area contributed by atoms with Crippen LogP contribution in [0.2, 0.25) is 0 Å². The maximum absolute atomic E-state index is 9.78. The fourth-order valence-corrected chi connectivity index (χ4v) is 2.57. The highest BCUT2D eigenvalue weighted by atomic mass is 16.3. The van der Waals surface area contributed by atoms with E-state index in [2.05, 4.69) is 0 Å². The SMILES string of the molecule is CC1(C)CC1(CO)c1c(O)cc(O)cc1O. The molecule has 0 aromatic heterocycles. The molecule has 0 spiro atoms. The third-order valence-corrected chi connectivity index (χ3v) is 3.74. The van der Waals surface area contributed by atoms with E-state index in [-0.39, 0.29) is 29.3 Å². The van der Waals surface area contributed by atoms with E-state index in [1.54, 1.807) is 0 Å². The summed E-state index contributed by atoms with van der Waals surface area (Å²) in [4.78, 5) is 0.